The minimum Gasteiger partial charge on any atom is -0.349 e. The van der Waals surface area contributed by atoms with E-state index in [1.165, 1.54) is 5.56 Å². The van der Waals surface area contributed by atoms with Gasteiger partial charge in [0.15, 0.2) is 0 Å². The van der Waals surface area contributed by atoms with E-state index in [0.29, 0.717) is 12.3 Å². The minimum atomic E-state index is -0.247. The number of halogens is 1. The summed E-state index contributed by atoms with van der Waals surface area (Å²) in [5.74, 6) is 0.495. The van der Waals surface area contributed by atoms with Crippen LogP contribution in [0.3, 0.4) is 0 Å². The Morgan fingerprint density at radius 2 is 1.90 bits per heavy atom. The summed E-state index contributed by atoms with van der Waals surface area (Å²) in [5.41, 5.74) is 6.75. The topological polar surface area (TPSA) is 55.1 Å². The molecule has 5 heteroatoms. The zero-order valence-electron chi connectivity index (χ0n) is 12.4. The molecular weight excluding hydrogens is 292 g/mol. The van der Waals surface area contributed by atoms with Crippen LogP contribution in [0, 0.1) is 6.92 Å². The van der Waals surface area contributed by atoms with Crippen LogP contribution in [0.4, 0.5) is 0 Å². The van der Waals surface area contributed by atoms with Gasteiger partial charge in [-0.25, -0.2) is 0 Å². The van der Waals surface area contributed by atoms with Crippen molar-refractivity contribution < 1.29 is 4.79 Å². The van der Waals surface area contributed by atoms with Gasteiger partial charge in [0.05, 0.1) is 11.3 Å². The molecule has 1 rings (SSSR count). The molecule has 0 radical (unpaired) electrons. The third-order valence-electron chi connectivity index (χ3n) is 3.60. The van der Waals surface area contributed by atoms with Gasteiger partial charge in [-0.1, -0.05) is 32.0 Å². The first kappa shape index (κ1) is 19.3. The monoisotopic (exact) mass is 316 g/mol. The number of hydrogen-bond donors (Lipinski definition) is 2. The molecule has 0 fully saturated rings. The lowest BCUT2D eigenvalue weighted by atomic mass is 9.93. The van der Waals surface area contributed by atoms with E-state index < -0.39 is 0 Å². The Morgan fingerprint density at radius 1 is 1.30 bits per heavy atom. The van der Waals surface area contributed by atoms with E-state index in [2.05, 4.69) is 32.2 Å². The van der Waals surface area contributed by atoms with Crippen LogP contribution in [0.5, 0.6) is 0 Å². The van der Waals surface area contributed by atoms with Crippen molar-refractivity contribution in [1.82, 2.24) is 5.32 Å². The number of hydrogen-bond acceptors (Lipinski definition) is 3. The lowest BCUT2D eigenvalue weighted by Gasteiger charge is -2.31. The van der Waals surface area contributed by atoms with Crippen molar-refractivity contribution in [3.63, 3.8) is 0 Å². The zero-order chi connectivity index (χ0) is 14.3. The fourth-order valence-corrected chi connectivity index (χ4v) is 2.79. The van der Waals surface area contributed by atoms with Crippen molar-refractivity contribution in [1.29, 1.82) is 0 Å². The number of nitrogens with two attached hydrogens (primary N) is 1. The van der Waals surface area contributed by atoms with Crippen molar-refractivity contribution >= 4 is 30.1 Å². The van der Waals surface area contributed by atoms with Crippen molar-refractivity contribution in [3.8, 4) is 0 Å². The molecule has 0 saturated heterocycles. The molecule has 20 heavy (non-hydrogen) atoms. The highest BCUT2D eigenvalue weighted by Crippen LogP contribution is 2.22. The van der Waals surface area contributed by atoms with Gasteiger partial charge in [0, 0.05) is 11.4 Å². The molecular formula is C15H25ClN2OS. The fourth-order valence-electron chi connectivity index (χ4n) is 1.96. The number of nitrogens with one attached hydrogen (secondary N) is 1. The van der Waals surface area contributed by atoms with E-state index in [-0.39, 0.29) is 23.9 Å². The number of carbonyl (C=O) groups excluding carboxylic acids is 1. The van der Waals surface area contributed by atoms with E-state index >= 15 is 0 Å². The summed E-state index contributed by atoms with van der Waals surface area (Å²) in [6.07, 6.45) is 1.72. The Morgan fingerprint density at radius 3 is 2.40 bits per heavy atom. The molecule has 3 nitrogen and oxygen atoms in total. The molecule has 114 valence electrons. The molecule has 0 aliphatic heterocycles. The first-order chi connectivity index (χ1) is 9.06. The summed E-state index contributed by atoms with van der Waals surface area (Å²) < 4.78 is 0. The summed E-state index contributed by atoms with van der Waals surface area (Å²) in [5, 5.41) is 3.08. The number of amides is 1. The molecule has 0 aliphatic rings. The van der Waals surface area contributed by atoms with Crippen molar-refractivity contribution in [2.24, 2.45) is 5.73 Å². The maximum Gasteiger partial charge on any atom is 0.230 e. The van der Waals surface area contributed by atoms with Crippen LogP contribution in [-0.2, 0) is 4.79 Å². The second-order valence-corrected chi connectivity index (χ2v) is 5.81. The highest BCUT2D eigenvalue weighted by molar-refractivity contribution is 8.00. The van der Waals surface area contributed by atoms with Crippen LogP contribution in [0.2, 0.25) is 0 Å². The molecule has 3 N–H and O–H groups in total. The number of benzene rings is 1. The maximum absolute atomic E-state index is 12.0. The number of thioether (sulfide) groups is 1. The van der Waals surface area contributed by atoms with Crippen LogP contribution in [0.25, 0.3) is 0 Å². The molecule has 0 bridgehead atoms. The second kappa shape index (κ2) is 9.27. The first-order valence-electron chi connectivity index (χ1n) is 6.76. The summed E-state index contributed by atoms with van der Waals surface area (Å²) in [6.45, 7) is 6.67. The van der Waals surface area contributed by atoms with Crippen molar-refractivity contribution in [3.05, 3.63) is 29.8 Å². The SMILES string of the molecule is CCC(CC)(CN)NC(=O)CSc1ccccc1C.Cl. The largest absolute Gasteiger partial charge is 0.349 e. The van der Waals surface area contributed by atoms with Gasteiger partial charge in [-0.15, -0.1) is 24.2 Å². The lowest BCUT2D eigenvalue weighted by molar-refractivity contribution is -0.120. The highest BCUT2D eigenvalue weighted by atomic mass is 35.5. The van der Waals surface area contributed by atoms with Gasteiger partial charge < -0.3 is 11.1 Å². The number of carbonyl (C=O) groups is 1. The third-order valence-corrected chi connectivity index (χ3v) is 4.78. The lowest BCUT2D eigenvalue weighted by Crippen LogP contribution is -2.53. The molecule has 0 atom stereocenters. The van der Waals surface area contributed by atoms with Crippen LogP contribution in [-0.4, -0.2) is 23.7 Å². The molecule has 0 spiro atoms. The van der Waals surface area contributed by atoms with Gasteiger partial charge in [0.25, 0.3) is 0 Å². The Kier molecular flexibility index (Phi) is 8.94. The van der Waals surface area contributed by atoms with Gasteiger partial charge in [-0.2, -0.15) is 0 Å². The molecule has 0 aliphatic carbocycles. The molecule has 0 unspecified atom stereocenters. The summed E-state index contributed by atoms with van der Waals surface area (Å²) in [7, 11) is 0. The smallest absolute Gasteiger partial charge is 0.230 e. The van der Waals surface area contributed by atoms with E-state index in [0.717, 1.165) is 17.7 Å². The average molecular weight is 317 g/mol. The van der Waals surface area contributed by atoms with Crippen LogP contribution in [0.1, 0.15) is 32.3 Å². The normalized spacial score (nSPS) is 10.8. The van der Waals surface area contributed by atoms with Crippen LogP contribution in [0.15, 0.2) is 29.2 Å². The van der Waals surface area contributed by atoms with Gasteiger partial charge >= 0.3 is 0 Å². The third kappa shape index (κ3) is 5.35. The molecule has 1 aromatic carbocycles. The molecule has 0 aromatic heterocycles. The van der Waals surface area contributed by atoms with Crippen molar-refractivity contribution in [2.45, 2.75) is 44.0 Å². The predicted molar refractivity (Wildman–Crippen MR) is 89.7 cm³/mol. The minimum absolute atomic E-state index is 0. The van der Waals surface area contributed by atoms with E-state index in [9.17, 15) is 4.79 Å². The maximum atomic E-state index is 12.0. The Hall–Kier alpha value is -0.710. The van der Waals surface area contributed by atoms with Gasteiger partial charge in [0.2, 0.25) is 5.91 Å². The number of rotatable bonds is 7. The van der Waals surface area contributed by atoms with E-state index in [1.807, 2.05) is 18.2 Å². The Bertz CT molecular complexity index is 414. The van der Waals surface area contributed by atoms with Gasteiger partial charge in [0.1, 0.15) is 0 Å². The van der Waals surface area contributed by atoms with E-state index in [4.69, 9.17) is 5.73 Å². The van der Waals surface area contributed by atoms with Crippen LogP contribution >= 0.6 is 24.2 Å². The zero-order valence-corrected chi connectivity index (χ0v) is 14.1. The van der Waals surface area contributed by atoms with Gasteiger partial charge in [-0.05, 0) is 31.4 Å². The second-order valence-electron chi connectivity index (χ2n) is 4.79. The first-order valence-corrected chi connectivity index (χ1v) is 7.75. The van der Waals surface area contributed by atoms with Crippen LogP contribution < -0.4 is 11.1 Å². The Labute approximate surface area is 132 Å². The summed E-state index contributed by atoms with van der Waals surface area (Å²) >= 11 is 1.57. The standard InChI is InChI=1S/C15H24N2OS.ClH/c1-4-15(5-2,11-16)17-14(18)10-19-13-9-7-6-8-12(13)3;/h6-9H,4-5,10-11,16H2,1-3H3,(H,17,18);1H. The molecule has 1 amide bonds. The Balaban J connectivity index is 0.00000361. The molecule has 0 heterocycles. The predicted octanol–water partition coefficient (Wildman–Crippen LogP) is 3.14. The quantitative estimate of drug-likeness (QED) is 0.760. The summed E-state index contributed by atoms with van der Waals surface area (Å²) in [4.78, 5) is 13.2. The summed E-state index contributed by atoms with van der Waals surface area (Å²) in [6, 6.07) is 8.11. The van der Waals surface area contributed by atoms with Crippen molar-refractivity contribution in [2.75, 3.05) is 12.3 Å². The average Bonchev–Trinajstić information content (AvgIpc) is 2.44. The van der Waals surface area contributed by atoms with Gasteiger partial charge in [-0.3, -0.25) is 4.79 Å². The van der Waals surface area contributed by atoms with E-state index in [1.54, 1.807) is 11.8 Å². The number of aryl methyl sites for hydroxylation is 1. The molecule has 1 aromatic rings. The fraction of sp³-hybridized carbons (Fsp3) is 0.533. The molecule has 0 saturated carbocycles. The highest BCUT2D eigenvalue weighted by Gasteiger charge is 2.26.